The predicted molar refractivity (Wildman–Crippen MR) is 123 cm³/mol. The van der Waals surface area contributed by atoms with Gasteiger partial charge < -0.3 is 14.8 Å². The molecule has 0 saturated heterocycles. The van der Waals surface area contributed by atoms with E-state index >= 15 is 0 Å². The number of ether oxygens (including phenoxy) is 2. The minimum absolute atomic E-state index is 0.0104. The normalized spacial score (nSPS) is 11.7. The van der Waals surface area contributed by atoms with Crippen molar-refractivity contribution in [3.05, 3.63) is 64.7 Å². The zero-order valence-electron chi connectivity index (χ0n) is 18.3. The summed E-state index contributed by atoms with van der Waals surface area (Å²) in [5.74, 6) is -1.33. The highest BCUT2D eigenvalue weighted by Gasteiger charge is 2.20. The lowest BCUT2D eigenvalue weighted by Crippen LogP contribution is -2.34. The first-order valence-electron chi connectivity index (χ1n) is 9.53. The smallest absolute Gasteiger partial charge is 0.339 e. The molecule has 0 fully saturated rings. The third kappa shape index (κ3) is 7.92. The van der Waals surface area contributed by atoms with Crippen molar-refractivity contribution in [3.63, 3.8) is 0 Å². The van der Waals surface area contributed by atoms with Crippen molar-refractivity contribution in [2.24, 2.45) is 0 Å². The van der Waals surface area contributed by atoms with Crippen LogP contribution in [0.15, 0.2) is 53.4 Å². The number of methoxy groups -OCH3 is 1. The number of hydrogen-bond donors (Lipinski definition) is 2. The molecule has 11 heteroatoms. The van der Waals surface area contributed by atoms with Crippen molar-refractivity contribution in [1.29, 1.82) is 0 Å². The lowest BCUT2D eigenvalue weighted by molar-refractivity contribution is -0.148. The average Bonchev–Trinajstić information content (AvgIpc) is 2.70. The van der Waals surface area contributed by atoms with Crippen molar-refractivity contribution >= 4 is 51.4 Å². The van der Waals surface area contributed by atoms with Crippen molar-refractivity contribution in [1.82, 2.24) is 4.72 Å². The van der Waals surface area contributed by atoms with E-state index in [4.69, 9.17) is 16.3 Å². The third-order valence-corrected chi connectivity index (χ3v) is 5.41. The molecule has 0 heterocycles. The number of amides is 2. The van der Waals surface area contributed by atoms with E-state index in [2.05, 4.69) is 10.1 Å². The van der Waals surface area contributed by atoms with Crippen molar-refractivity contribution in [2.45, 2.75) is 31.3 Å². The van der Waals surface area contributed by atoms with E-state index in [1.165, 1.54) is 48.6 Å². The summed E-state index contributed by atoms with van der Waals surface area (Å²) in [6.07, 6.45) is 2.56. The number of rotatable bonds is 6. The highest BCUT2D eigenvalue weighted by molar-refractivity contribution is 7.90. The topological polar surface area (TPSA) is 128 Å². The highest BCUT2D eigenvalue weighted by atomic mass is 35.5. The molecular formula is C22H23ClN2O7S. The zero-order chi connectivity index (χ0) is 24.8. The molecule has 0 saturated carbocycles. The lowest BCUT2D eigenvalue weighted by Gasteiger charge is -2.17. The number of benzene rings is 2. The maximum Gasteiger partial charge on any atom is 0.339 e. The zero-order valence-corrected chi connectivity index (χ0v) is 19.9. The number of carbonyl (C=O) groups is 3. The molecule has 0 atom stereocenters. The van der Waals surface area contributed by atoms with Crippen LogP contribution in [0.5, 0.6) is 0 Å². The SMILES string of the molecule is COC(=O)c1ccc(Cl)cc1NC(=O)NS(=O)(=O)c1cccc(C=CC(=O)OC(C)(C)C)c1. The van der Waals surface area contributed by atoms with Gasteiger partial charge in [0.25, 0.3) is 10.0 Å². The largest absolute Gasteiger partial charge is 0.465 e. The maximum absolute atomic E-state index is 12.6. The second-order valence-electron chi connectivity index (χ2n) is 7.68. The molecule has 33 heavy (non-hydrogen) atoms. The van der Waals surface area contributed by atoms with Crippen LogP contribution in [0.25, 0.3) is 6.08 Å². The Bertz CT molecular complexity index is 1200. The number of nitrogens with one attached hydrogen (secondary N) is 2. The van der Waals surface area contributed by atoms with Crippen LogP contribution in [-0.4, -0.2) is 39.1 Å². The number of carbonyl (C=O) groups excluding carboxylic acids is 3. The number of anilines is 1. The van der Waals surface area contributed by atoms with Crippen LogP contribution in [0.2, 0.25) is 5.02 Å². The number of sulfonamides is 1. The highest BCUT2D eigenvalue weighted by Crippen LogP contribution is 2.22. The van der Waals surface area contributed by atoms with Crippen LogP contribution in [0, 0.1) is 0 Å². The van der Waals surface area contributed by atoms with E-state index in [-0.39, 0.29) is 21.2 Å². The minimum atomic E-state index is -4.28. The van der Waals surface area contributed by atoms with Gasteiger partial charge in [0.1, 0.15) is 5.60 Å². The van der Waals surface area contributed by atoms with Gasteiger partial charge in [-0.25, -0.2) is 27.5 Å². The fourth-order valence-electron chi connectivity index (χ4n) is 2.52. The van der Waals surface area contributed by atoms with Gasteiger partial charge in [0.05, 0.1) is 23.3 Å². The molecule has 176 valence electrons. The molecule has 0 aliphatic carbocycles. The molecule has 0 bridgehead atoms. The summed E-state index contributed by atoms with van der Waals surface area (Å²) in [4.78, 5) is 35.8. The van der Waals surface area contributed by atoms with Crippen molar-refractivity contribution < 1.29 is 32.3 Å². The summed E-state index contributed by atoms with van der Waals surface area (Å²) in [5, 5.41) is 2.49. The maximum atomic E-state index is 12.6. The van der Waals surface area contributed by atoms with Gasteiger partial charge in [-0.05, 0) is 62.7 Å². The summed E-state index contributed by atoms with van der Waals surface area (Å²) in [5.41, 5.74) is -0.313. The second kappa shape index (κ2) is 10.5. The molecule has 0 aliphatic heterocycles. The van der Waals surface area contributed by atoms with Crippen LogP contribution in [0.3, 0.4) is 0 Å². The lowest BCUT2D eigenvalue weighted by atomic mass is 10.2. The van der Waals surface area contributed by atoms with E-state index in [1.54, 1.807) is 26.8 Å². The summed E-state index contributed by atoms with van der Waals surface area (Å²) in [6, 6.07) is 8.50. The molecule has 0 aromatic heterocycles. The molecule has 0 unspecified atom stereocenters. The number of urea groups is 1. The van der Waals surface area contributed by atoms with E-state index in [0.29, 0.717) is 5.56 Å². The molecule has 2 aromatic rings. The number of hydrogen-bond acceptors (Lipinski definition) is 7. The summed E-state index contributed by atoms with van der Waals surface area (Å²) in [6.45, 7) is 5.17. The van der Waals surface area contributed by atoms with Crippen LogP contribution in [0.1, 0.15) is 36.7 Å². The Hall–Kier alpha value is -3.37. The Labute approximate surface area is 196 Å². The van der Waals surface area contributed by atoms with Crippen LogP contribution in [-0.2, 0) is 24.3 Å². The fourth-order valence-corrected chi connectivity index (χ4v) is 3.66. The first-order valence-corrected chi connectivity index (χ1v) is 11.4. The van der Waals surface area contributed by atoms with E-state index in [0.717, 1.165) is 7.11 Å². The van der Waals surface area contributed by atoms with Gasteiger partial charge >= 0.3 is 18.0 Å². The third-order valence-electron chi connectivity index (χ3n) is 3.85. The van der Waals surface area contributed by atoms with E-state index in [1.807, 2.05) is 4.72 Å². The first kappa shape index (κ1) is 25.9. The van der Waals surface area contributed by atoms with E-state index < -0.39 is 33.6 Å². The first-order chi connectivity index (χ1) is 15.3. The molecule has 2 aromatic carbocycles. The van der Waals surface area contributed by atoms with Crippen LogP contribution < -0.4 is 10.0 Å². The quantitative estimate of drug-likeness (QED) is 0.459. The monoisotopic (exact) mass is 494 g/mol. The Morgan fingerprint density at radius 2 is 1.76 bits per heavy atom. The molecule has 9 nitrogen and oxygen atoms in total. The standard InChI is InChI=1S/C22H23ClN2O7S/c1-22(2,3)32-19(26)11-8-14-6-5-7-16(12-14)33(29,30)25-21(28)24-18-13-15(23)9-10-17(18)20(27)31-4/h5-13H,1-4H3,(H2,24,25,28). The molecule has 2 amide bonds. The Balaban J connectivity index is 2.18. The molecule has 0 aliphatic rings. The van der Waals surface area contributed by atoms with Gasteiger partial charge in [-0.2, -0.15) is 0 Å². The van der Waals surface area contributed by atoms with Gasteiger partial charge in [0.15, 0.2) is 0 Å². The fraction of sp³-hybridized carbons (Fsp3) is 0.227. The Morgan fingerprint density at radius 1 is 1.06 bits per heavy atom. The number of halogens is 1. The molecule has 2 N–H and O–H groups in total. The molecule has 0 spiro atoms. The van der Waals surface area contributed by atoms with Gasteiger partial charge in [-0.15, -0.1) is 0 Å². The minimum Gasteiger partial charge on any atom is -0.465 e. The van der Waals surface area contributed by atoms with Gasteiger partial charge in [-0.3, -0.25) is 0 Å². The van der Waals surface area contributed by atoms with Gasteiger partial charge in [-0.1, -0.05) is 23.7 Å². The van der Waals surface area contributed by atoms with Crippen molar-refractivity contribution in [3.8, 4) is 0 Å². The van der Waals surface area contributed by atoms with Crippen LogP contribution in [0.4, 0.5) is 10.5 Å². The molecular weight excluding hydrogens is 472 g/mol. The summed E-state index contributed by atoms with van der Waals surface area (Å²) < 4.78 is 36.9. The predicted octanol–water partition coefficient (Wildman–Crippen LogP) is 3.99. The van der Waals surface area contributed by atoms with E-state index in [9.17, 15) is 22.8 Å². The summed E-state index contributed by atoms with van der Waals surface area (Å²) >= 11 is 5.90. The second-order valence-corrected chi connectivity index (χ2v) is 9.80. The number of esters is 2. The Morgan fingerprint density at radius 3 is 2.39 bits per heavy atom. The average molecular weight is 495 g/mol. The Kier molecular flexibility index (Phi) is 8.23. The molecule has 0 radical (unpaired) electrons. The van der Waals surface area contributed by atoms with Crippen LogP contribution >= 0.6 is 11.6 Å². The van der Waals surface area contributed by atoms with Gasteiger partial charge in [0.2, 0.25) is 0 Å². The van der Waals surface area contributed by atoms with Gasteiger partial charge in [0, 0.05) is 11.1 Å². The summed E-state index contributed by atoms with van der Waals surface area (Å²) in [7, 11) is -3.12. The van der Waals surface area contributed by atoms with Crippen molar-refractivity contribution in [2.75, 3.05) is 12.4 Å². The molecule has 2 rings (SSSR count).